The molecule has 0 aromatic rings. The number of hydrogen-bond donors (Lipinski definition) is 2. The van der Waals surface area contributed by atoms with Crippen molar-refractivity contribution in [2.24, 2.45) is 11.8 Å². The Bertz CT molecular complexity index is 221. The summed E-state index contributed by atoms with van der Waals surface area (Å²) in [6.07, 6.45) is 3.20. The first kappa shape index (κ1) is 14.5. The summed E-state index contributed by atoms with van der Waals surface area (Å²) in [7, 11) is 0. The van der Waals surface area contributed by atoms with Gasteiger partial charge in [0.2, 0.25) is 5.91 Å². The van der Waals surface area contributed by atoms with Crippen molar-refractivity contribution in [2.75, 3.05) is 32.8 Å². The molecule has 1 fully saturated rings. The summed E-state index contributed by atoms with van der Waals surface area (Å²) in [5.74, 6) is 0.794. The van der Waals surface area contributed by atoms with Crippen molar-refractivity contribution in [2.45, 2.75) is 33.1 Å². The Hall–Kier alpha value is -0.610. The highest BCUT2D eigenvalue weighted by Gasteiger charge is 2.28. The highest BCUT2D eigenvalue weighted by Crippen LogP contribution is 2.15. The molecule has 2 atom stereocenters. The molecule has 1 aliphatic rings. The van der Waals surface area contributed by atoms with Crippen LogP contribution in [0, 0.1) is 11.8 Å². The van der Waals surface area contributed by atoms with Gasteiger partial charge in [-0.15, -0.1) is 0 Å². The van der Waals surface area contributed by atoms with Gasteiger partial charge in [-0.3, -0.25) is 4.79 Å². The van der Waals surface area contributed by atoms with Crippen molar-refractivity contribution in [3.8, 4) is 0 Å². The van der Waals surface area contributed by atoms with E-state index in [-0.39, 0.29) is 11.8 Å². The molecular formula is C13H26N2O2. The van der Waals surface area contributed by atoms with Crippen molar-refractivity contribution >= 4 is 5.91 Å². The van der Waals surface area contributed by atoms with Crippen LogP contribution in [0.4, 0.5) is 0 Å². The molecule has 2 unspecified atom stereocenters. The summed E-state index contributed by atoms with van der Waals surface area (Å²) < 4.78 is 5.44. The fourth-order valence-electron chi connectivity index (χ4n) is 2.03. The van der Waals surface area contributed by atoms with Gasteiger partial charge in [-0.1, -0.05) is 20.3 Å². The van der Waals surface area contributed by atoms with Crippen LogP contribution in [-0.4, -0.2) is 38.8 Å². The Morgan fingerprint density at radius 3 is 2.76 bits per heavy atom. The third kappa shape index (κ3) is 5.50. The summed E-state index contributed by atoms with van der Waals surface area (Å²) in [6, 6.07) is 0. The molecule has 0 radical (unpaired) electrons. The molecule has 1 heterocycles. The van der Waals surface area contributed by atoms with Gasteiger partial charge in [0.25, 0.3) is 0 Å². The molecule has 100 valence electrons. The minimum atomic E-state index is 0.149. The second-order valence-corrected chi connectivity index (χ2v) is 4.85. The molecule has 0 aromatic carbocycles. The number of carbonyl (C=O) groups is 1. The second kappa shape index (κ2) is 8.48. The third-order valence-electron chi connectivity index (χ3n) is 3.26. The van der Waals surface area contributed by atoms with Crippen molar-refractivity contribution < 1.29 is 9.53 Å². The number of nitrogens with one attached hydrogen (secondary N) is 2. The molecule has 4 nitrogen and oxygen atoms in total. The van der Waals surface area contributed by atoms with E-state index < -0.39 is 0 Å². The molecule has 0 spiro atoms. The lowest BCUT2D eigenvalue weighted by molar-refractivity contribution is -0.125. The van der Waals surface area contributed by atoms with Gasteiger partial charge in [0, 0.05) is 26.3 Å². The summed E-state index contributed by atoms with van der Waals surface area (Å²) in [5.41, 5.74) is 0. The van der Waals surface area contributed by atoms with Gasteiger partial charge in [0.15, 0.2) is 0 Å². The van der Waals surface area contributed by atoms with Crippen LogP contribution in [0.5, 0.6) is 0 Å². The van der Waals surface area contributed by atoms with Crippen LogP contribution < -0.4 is 10.6 Å². The minimum absolute atomic E-state index is 0.149. The van der Waals surface area contributed by atoms with Gasteiger partial charge in [0.1, 0.15) is 0 Å². The monoisotopic (exact) mass is 242 g/mol. The maximum absolute atomic E-state index is 11.8. The zero-order valence-corrected chi connectivity index (χ0v) is 11.1. The first-order valence-electron chi connectivity index (χ1n) is 6.82. The molecule has 2 N–H and O–H groups in total. The van der Waals surface area contributed by atoms with Gasteiger partial charge < -0.3 is 15.4 Å². The van der Waals surface area contributed by atoms with Crippen LogP contribution in [0.25, 0.3) is 0 Å². The van der Waals surface area contributed by atoms with Crippen molar-refractivity contribution in [3.63, 3.8) is 0 Å². The largest absolute Gasteiger partial charge is 0.381 e. The normalized spacial score (nSPS) is 23.9. The van der Waals surface area contributed by atoms with Crippen LogP contribution in [-0.2, 0) is 9.53 Å². The zero-order chi connectivity index (χ0) is 12.5. The maximum Gasteiger partial charge on any atom is 0.224 e. The summed E-state index contributed by atoms with van der Waals surface area (Å²) in [4.78, 5) is 11.8. The average Bonchev–Trinajstić information content (AvgIpc) is 2.74. The highest BCUT2D eigenvalue weighted by molar-refractivity contribution is 5.79. The van der Waals surface area contributed by atoms with E-state index in [0.29, 0.717) is 5.92 Å². The van der Waals surface area contributed by atoms with E-state index in [2.05, 4.69) is 24.5 Å². The molecule has 17 heavy (non-hydrogen) atoms. The number of rotatable bonds is 8. The summed E-state index contributed by atoms with van der Waals surface area (Å²) in [6.45, 7) is 8.37. The average molecular weight is 242 g/mol. The zero-order valence-electron chi connectivity index (χ0n) is 11.1. The molecule has 1 amide bonds. The van der Waals surface area contributed by atoms with E-state index in [4.69, 9.17) is 4.74 Å². The van der Waals surface area contributed by atoms with E-state index in [1.807, 2.05) is 0 Å². The number of hydrogen-bond acceptors (Lipinski definition) is 3. The Morgan fingerprint density at radius 2 is 2.12 bits per heavy atom. The van der Waals surface area contributed by atoms with Crippen molar-refractivity contribution in [1.29, 1.82) is 0 Å². The molecule has 4 heteroatoms. The number of carbonyl (C=O) groups excluding carboxylic acids is 1. The molecule has 1 aliphatic heterocycles. The lowest BCUT2D eigenvalue weighted by Gasteiger charge is -2.14. The molecule has 0 bridgehead atoms. The molecule has 1 saturated heterocycles. The minimum Gasteiger partial charge on any atom is -0.381 e. The van der Waals surface area contributed by atoms with Gasteiger partial charge in [-0.2, -0.15) is 0 Å². The first-order chi connectivity index (χ1) is 8.25. The Kier molecular flexibility index (Phi) is 7.21. The smallest absolute Gasteiger partial charge is 0.224 e. The van der Waals surface area contributed by atoms with E-state index in [9.17, 15) is 4.79 Å². The topological polar surface area (TPSA) is 50.4 Å². The Balaban J connectivity index is 1.97. The fourth-order valence-corrected chi connectivity index (χ4v) is 2.03. The summed E-state index contributed by atoms with van der Waals surface area (Å²) >= 11 is 0. The van der Waals surface area contributed by atoms with E-state index in [1.54, 1.807) is 0 Å². The first-order valence-corrected chi connectivity index (χ1v) is 6.82. The van der Waals surface area contributed by atoms with Crippen LogP contribution in [0.3, 0.4) is 0 Å². The number of amides is 1. The van der Waals surface area contributed by atoms with Gasteiger partial charge >= 0.3 is 0 Å². The fraction of sp³-hybridized carbons (Fsp3) is 0.923. The molecule has 0 aliphatic carbocycles. The third-order valence-corrected chi connectivity index (χ3v) is 3.26. The quantitative estimate of drug-likeness (QED) is 0.628. The van der Waals surface area contributed by atoms with Gasteiger partial charge in [-0.25, -0.2) is 0 Å². The summed E-state index contributed by atoms with van der Waals surface area (Å²) in [5, 5.41) is 6.23. The molecule has 1 rings (SSSR count). The van der Waals surface area contributed by atoms with E-state index in [0.717, 1.165) is 45.7 Å². The van der Waals surface area contributed by atoms with Crippen molar-refractivity contribution in [1.82, 2.24) is 10.6 Å². The molecule has 0 saturated carbocycles. The van der Waals surface area contributed by atoms with Gasteiger partial charge in [0.05, 0.1) is 5.92 Å². The SMILES string of the molecule is CCCCOCCCNC(=O)C1CNCC1C. The number of ether oxygens (including phenoxy) is 1. The van der Waals surface area contributed by atoms with Crippen LogP contribution >= 0.6 is 0 Å². The Morgan fingerprint density at radius 1 is 1.35 bits per heavy atom. The van der Waals surface area contributed by atoms with Gasteiger partial charge in [-0.05, 0) is 25.3 Å². The van der Waals surface area contributed by atoms with Crippen molar-refractivity contribution in [3.05, 3.63) is 0 Å². The second-order valence-electron chi connectivity index (χ2n) is 4.85. The lowest BCUT2D eigenvalue weighted by Crippen LogP contribution is -2.35. The predicted molar refractivity (Wildman–Crippen MR) is 68.9 cm³/mol. The van der Waals surface area contributed by atoms with E-state index in [1.165, 1.54) is 6.42 Å². The lowest BCUT2D eigenvalue weighted by atomic mass is 9.97. The standard InChI is InChI=1S/C13H26N2O2/c1-3-4-7-17-8-5-6-15-13(16)12-10-14-9-11(12)2/h11-12,14H,3-10H2,1-2H3,(H,15,16). The maximum atomic E-state index is 11.8. The predicted octanol–water partition coefficient (Wildman–Crippen LogP) is 1.16. The molecule has 0 aromatic heterocycles. The van der Waals surface area contributed by atoms with Crippen LogP contribution in [0.2, 0.25) is 0 Å². The highest BCUT2D eigenvalue weighted by atomic mass is 16.5. The Labute approximate surface area is 104 Å². The van der Waals surface area contributed by atoms with Crippen LogP contribution in [0.1, 0.15) is 33.1 Å². The van der Waals surface area contributed by atoms with Crippen LogP contribution in [0.15, 0.2) is 0 Å². The molecular weight excluding hydrogens is 216 g/mol. The van der Waals surface area contributed by atoms with E-state index >= 15 is 0 Å². The number of unbranched alkanes of at least 4 members (excludes halogenated alkanes) is 1.